The third kappa shape index (κ3) is 3.81. The zero-order chi connectivity index (χ0) is 19.5. The maximum absolute atomic E-state index is 12.6. The summed E-state index contributed by atoms with van der Waals surface area (Å²) in [5.74, 6) is 0.0437. The van der Waals surface area contributed by atoms with Gasteiger partial charge in [0.25, 0.3) is 5.91 Å². The Kier molecular flexibility index (Phi) is 5.20. The van der Waals surface area contributed by atoms with Crippen LogP contribution in [0.5, 0.6) is 0 Å². The molecule has 10 heteroatoms. The van der Waals surface area contributed by atoms with Gasteiger partial charge >= 0.3 is 6.03 Å². The summed E-state index contributed by atoms with van der Waals surface area (Å²) in [6.07, 6.45) is 2.93. The highest BCUT2D eigenvalue weighted by molar-refractivity contribution is 5.90. The molecule has 0 saturated carbocycles. The summed E-state index contributed by atoms with van der Waals surface area (Å²) in [7, 11) is 0. The summed E-state index contributed by atoms with van der Waals surface area (Å²) in [6, 6.07) is 5.40. The van der Waals surface area contributed by atoms with Crippen molar-refractivity contribution in [2.45, 2.75) is 25.9 Å². The first kappa shape index (κ1) is 18.4. The van der Waals surface area contributed by atoms with Crippen molar-refractivity contribution in [3.05, 3.63) is 30.1 Å². The van der Waals surface area contributed by atoms with E-state index in [1.54, 1.807) is 14.5 Å². The van der Waals surface area contributed by atoms with Gasteiger partial charge in [-0.1, -0.05) is 6.07 Å². The van der Waals surface area contributed by atoms with Crippen LogP contribution in [-0.2, 0) is 9.53 Å². The molecule has 3 amide bonds. The maximum Gasteiger partial charge on any atom is 0.321 e. The van der Waals surface area contributed by atoms with Gasteiger partial charge in [-0.05, 0) is 47.9 Å². The molecule has 28 heavy (non-hydrogen) atoms. The van der Waals surface area contributed by atoms with Crippen molar-refractivity contribution in [3.8, 4) is 5.69 Å². The van der Waals surface area contributed by atoms with Crippen LogP contribution in [0.2, 0.25) is 0 Å². The van der Waals surface area contributed by atoms with Gasteiger partial charge in [0.15, 0.2) is 0 Å². The maximum atomic E-state index is 12.6. The van der Waals surface area contributed by atoms with Crippen molar-refractivity contribution in [2.24, 2.45) is 0 Å². The average molecular weight is 385 g/mol. The number of benzene rings is 1. The Morgan fingerprint density at radius 1 is 1.18 bits per heavy atom. The van der Waals surface area contributed by atoms with Gasteiger partial charge in [0.2, 0.25) is 0 Å². The summed E-state index contributed by atoms with van der Waals surface area (Å²) in [4.78, 5) is 28.5. The minimum Gasteiger partial charge on any atom is -0.368 e. The average Bonchev–Trinajstić information content (AvgIpc) is 3.43. The second kappa shape index (κ2) is 7.93. The summed E-state index contributed by atoms with van der Waals surface area (Å²) >= 11 is 0. The minimum absolute atomic E-state index is 0.0437. The molecule has 3 heterocycles. The molecule has 1 unspecified atom stereocenters. The number of nitrogens with zero attached hydrogens (tertiary/aromatic N) is 6. The number of carbonyl (C=O) groups is 2. The van der Waals surface area contributed by atoms with E-state index in [1.165, 1.54) is 6.33 Å². The monoisotopic (exact) mass is 385 g/mol. The quantitative estimate of drug-likeness (QED) is 0.839. The van der Waals surface area contributed by atoms with Crippen LogP contribution in [0.4, 0.5) is 10.5 Å². The molecule has 0 radical (unpaired) electrons. The fourth-order valence-corrected chi connectivity index (χ4v) is 3.51. The van der Waals surface area contributed by atoms with E-state index < -0.39 is 0 Å². The lowest BCUT2D eigenvalue weighted by molar-refractivity contribution is -0.142. The second-order valence-electron chi connectivity index (χ2n) is 7.00. The number of amides is 3. The molecule has 2 saturated heterocycles. The Bertz CT molecular complexity index is 841. The fraction of sp³-hybridized carbons (Fsp3) is 0.500. The van der Waals surface area contributed by atoms with Crippen LogP contribution in [0.3, 0.4) is 0 Å². The predicted octanol–water partition coefficient (Wildman–Crippen LogP) is 0.826. The first-order valence-corrected chi connectivity index (χ1v) is 9.42. The molecular formula is C18H23N7O3. The van der Waals surface area contributed by atoms with Crippen LogP contribution < -0.4 is 5.32 Å². The number of aromatic nitrogens is 4. The van der Waals surface area contributed by atoms with Crippen molar-refractivity contribution < 1.29 is 14.3 Å². The van der Waals surface area contributed by atoms with Crippen LogP contribution in [0.25, 0.3) is 5.69 Å². The number of piperazine rings is 1. The molecule has 4 rings (SSSR count). The number of anilines is 1. The summed E-state index contributed by atoms with van der Waals surface area (Å²) in [5, 5.41) is 14.1. The van der Waals surface area contributed by atoms with Crippen molar-refractivity contribution in [3.63, 3.8) is 0 Å². The number of rotatable bonds is 3. The number of hydrogen-bond donors (Lipinski definition) is 1. The highest BCUT2D eigenvalue weighted by Gasteiger charge is 2.31. The van der Waals surface area contributed by atoms with Crippen LogP contribution in [-0.4, -0.2) is 80.8 Å². The number of tetrazole rings is 1. The van der Waals surface area contributed by atoms with E-state index in [2.05, 4.69) is 20.8 Å². The van der Waals surface area contributed by atoms with E-state index in [9.17, 15) is 9.59 Å². The third-order valence-electron chi connectivity index (χ3n) is 5.14. The standard InChI is InChI=1S/C18H23N7O3/c1-13-4-5-14(11-15(13)25-12-19-21-22-25)20-18(27)24-8-6-23(7-9-24)17(26)16-3-2-10-28-16/h4-5,11-12,16H,2-3,6-10H2,1H3,(H,20,27). The summed E-state index contributed by atoms with van der Waals surface area (Å²) in [5.41, 5.74) is 2.46. The number of ether oxygens (including phenoxy) is 1. The normalized spacial score (nSPS) is 19.7. The van der Waals surface area contributed by atoms with Crippen molar-refractivity contribution in [1.29, 1.82) is 0 Å². The van der Waals surface area contributed by atoms with E-state index in [0.717, 1.165) is 24.1 Å². The van der Waals surface area contributed by atoms with Gasteiger partial charge < -0.3 is 19.9 Å². The van der Waals surface area contributed by atoms with E-state index in [0.29, 0.717) is 38.5 Å². The van der Waals surface area contributed by atoms with Gasteiger partial charge in [-0.3, -0.25) is 4.79 Å². The number of urea groups is 1. The Labute approximate surface area is 162 Å². The van der Waals surface area contributed by atoms with Gasteiger partial charge in [0.1, 0.15) is 12.4 Å². The first-order valence-electron chi connectivity index (χ1n) is 9.42. The van der Waals surface area contributed by atoms with E-state index in [4.69, 9.17) is 4.74 Å². The molecule has 0 spiro atoms. The Morgan fingerprint density at radius 2 is 1.96 bits per heavy atom. The van der Waals surface area contributed by atoms with Gasteiger partial charge in [0.05, 0.1) is 5.69 Å². The van der Waals surface area contributed by atoms with E-state index in [1.807, 2.05) is 25.1 Å². The summed E-state index contributed by atoms with van der Waals surface area (Å²) < 4.78 is 7.03. The van der Waals surface area contributed by atoms with Crippen LogP contribution in [0.1, 0.15) is 18.4 Å². The van der Waals surface area contributed by atoms with Gasteiger partial charge in [0, 0.05) is 38.5 Å². The minimum atomic E-state index is -0.308. The number of carbonyl (C=O) groups excluding carboxylic acids is 2. The van der Waals surface area contributed by atoms with Crippen molar-refractivity contribution >= 4 is 17.6 Å². The predicted molar refractivity (Wildman–Crippen MR) is 100 cm³/mol. The molecule has 1 atom stereocenters. The highest BCUT2D eigenvalue weighted by atomic mass is 16.5. The molecule has 2 aliphatic heterocycles. The zero-order valence-electron chi connectivity index (χ0n) is 15.7. The Hall–Kier alpha value is -3.01. The fourth-order valence-electron chi connectivity index (χ4n) is 3.51. The molecular weight excluding hydrogens is 362 g/mol. The summed E-state index contributed by atoms with van der Waals surface area (Å²) in [6.45, 7) is 4.65. The van der Waals surface area contributed by atoms with Gasteiger partial charge in [-0.2, -0.15) is 0 Å². The topological polar surface area (TPSA) is 105 Å². The lowest BCUT2D eigenvalue weighted by Crippen LogP contribution is -2.53. The third-order valence-corrected chi connectivity index (χ3v) is 5.14. The first-order chi connectivity index (χ1) is 13.6. The number of nitrogens with one attached hydrogen (secondary N) is 1. The van der Waals surface area contributed by atoms with Gasteiger partial charge in [-0.15, -0.1) is 5.10 Å². The number of aryl methyl sites for hydroxylation is 1. The smallest absolute Gasteiger partial charge is 0.321 e. The van der Waals surface area contributed by atoms with Gasteiger partial charge in [-0.25, -0.2) is 9.48 Å². The molecule has 1 aromatic heterocycles. The van der Waals surface area contributed by atoms with E-state index in [-0.39, 0.29) is 18.0 Å². The Morgan fingerprint density at radius 3 is 2.64 bits per heavy atom. The zero-order valence-corrected chi connectivity index (χ0v) is 15.7. The second-order valence-corrected chi connectivity index (χ2v) is 7.00. The molecule has 1 N–H and O–H groups in total. The number of hydrogen-bond acceptors (Lipinski definition) is 6. The molecule has 0 bridgehead atoms. The largest absolute Gasteiger partial charge is 0.368 e. The molecule has 2 aromatic rings. The Balaban J connectivity index is 1.35. The van der Waals surface area contributed by atoms with Crippen molar-refractivity contribution in [1.82, 2.24) is 30.0 Å². The highest BCUT2D eigenvalue weighted by Crippen LogP contribution is 2.19. The molecule has 0 aliphatic carbocycles. The van der Waals surface area contributed by atoms with Crippen LogP contribution >= 0.6 is 0 Å². The lowest BCUT2D eigenvalue weighted by atomic mass is 10.2. The molecule has 1 aromatic carbocycles. The SMILES string of the molecule is Cc1ccc(NC(=O)N2CCN(C(=O)C3CCCO3)CC2)cc1-n1cnnn1. The van der Waals surface area contributed by atoms with Crippen LogP contribution in [0, 0.1) is 6.92 Å². The van der Waals surface area contributed by atoms with Crippen LogP contribution in [0.15, 0.2) is 24.5 Å². The van der Waals surface area contributed by atoms with Crippen molar-refractivity contribution in [2.75, 3.05) is 38.1 Å². The molecule has 10 nitrogen and oxygen atoms in total. The lowest BCUT2D eigenvalue weighted by Gasteiger charge is -2.35. The molecule has 2 fully saturated rings. The molecule has 148 valence electrons. The molecule has 2 aliphatic rings. The van der Waals surface area contributed by atoms with E-state index >= 15 is 0 Å².